The van der Waals surface area contributed by atoms with Crippen LogP contribution in [0, 0.1) is 11.8 Å². The van der Waals surface area contributed by atoms with Gasteiger partial charge in [0.1, 0.15) is 11.4 Å². The standard InChI is InChI=1S/C39H50N10O4/c1-39(2,3)53-38(52)42-25-27-7-11-30(12-8-27)36(50)49(32-15-13-29(14-16-32)35-43-45-46-44-35)37(51)33(40)23-26-5-9-28(10-6-26)31-17-18-41-34(24-31)48-21-19-47(4)20-22-48/h5-6,9-10,13-18,24,27,30,33H,7-8,11-12,19-23,25,40H2,1-4H3,(H,42,52)(H,43,44,45,46)/t27?,30?,33-/m0/s1. The van der Waals surface area contributed by atoms with Crippen LogP contribution in [0.15, 0.2) is 66.9 Å². The lowest BCUT2D eigenvalue weighted by Gasteiger charge is -2.33. The number of amides is 3. The molecule has 6 rings (SSSR count). The number of H-pyrrole nitrogens is 1. The van der Waals surface area contributed by atoms with Gasteiger partial charge in [0, 0.05) is 50.4 Å². The highest BCUT2D eigenvalue weighted by Gasteiger charge is 2.35. The fourth-order valence-electron chi connectivity index (χ4n) is 6.89. The number of tetrazole rings is 1. The Kier molecular flexibility index (Phi) is 11.8. The van der Waals surface area contributed by atoms with Gasteiger partial charge in [0.05, 0.1) is 11.7 Å². The molecule has 3 amide bonds. The van der Waals surface area contributed by atoms with Crippen molar-refractivity contribution in [2.45, 2.75) is 64.5 Å². The number of imide groups is 1. The maximum absolute atomic E-state index is 14.2. The molecule has 2 fully saturated rings. The highest BCUT2D eigenvalue weighted by molar-refractivity contribution is 6.17. The van der Waals surface area contributed by atoms with Crippen LogP contribution < -0.4 is 20.9 Å². The van der Waals surface area contributed by atoms with Gasteiger partial charge in [-0.05, 0) is 124 Å². The molecule has 4 N–H and O–H groups in total. The maximum Gasteiger partial charge on any atom is 0.407 e. The van der Waals surface area contributed by atoms with Crippen molar-refractivity contribution in [2.75, 3.05) is 49.6 Å². The number of hydrogen-bond acceptors (Lipinski definition) is 11. The zero-order valence-electron chi connectivity index (χ0n) is 31.0. The van der Waals surface area contributed by atoms with Gasteiger partial charge in [-0.1, -0.05) is 24.3 Å². The van der Waals surface area contributed by atoms with Gasteiger partial charge in [-0.2, -0.15) is 5.21 Å². The number of nitrogens with one attached hydrogen (secondary N) is 2. The molecule has 1 aliphatic carbocycles. The van der Waals surface area contributed by atoms with Crippen LogP contribution in [0.4, 0.5) is 16.3 Å². The third-order valence-electron chi connectivity index (χ3n) is 9.93. The summed E-state index contributed by atoms with van der Waals surface area (Å²) in [5.74, 6) is 0.471. The fraction of sp³-hybridized carbons (Fsp3) is 0.462. The van der Waals surface area contributed by atoms with Crippen LogP contribution in [0.3, 0.4) is 0 Å². The second-order valence-corrected chi connectivity index (χ2v) is 15.1. The SMILES string of the molecule is CN1CCN(c2cc(-c3ccc(C[C@H](N)C(=O)N(C(=O)C4CCC(CNC(=O)OC(C)(C)C)CC4)c4ccc(-c5nn[nH]n5)cc4)cc3)ccn2)CC1. The predicted molar refractivity (Wildman–Crippen MR) is 203 cm³/mol. The molecule has 14 nitrogen and oxygen atoms in total. The number of benzene rings is 2. The van der Waals surface area contributed by atoms with Gasteiger partial charge >= 0.3 is 6.09 Å². The molecule has 1 saturated carbocycles. The van der Waals surface area contributed by atoms with Gasteiger partial charge in [0.2, 0.25) is 11.7 Å². The molecule has 14 heteroatoms. The zero-order chi connectivity index (χ0) is 37.5. The fourth-order valence-corrected chi connectivity index (χ4v) is 6.89. The van der Waals surface area contributed by atoms with Gasteiger partial charge in [-0.15, -0.1) is 10.2 Å². The van der Waals surface area contributed by atoms with Crippen LogP contribution in [0.5, 0.6) is 0 Å². The van der Waals surface area contributed by atoms with E-state index in [1.165, 1.54) is 4.90 Å². The quantitative estimate of drug-likeness (QED) is 0.211. The lowest BCUT2D eigenvalue weighted by molar-refractivity contribution is -0.130. The van der Waals surface area contributed by atoms with Crippen molar-refractivity contribution < 1.29 is 19.1 Å². The monoisotopic (exact) mass is 722 g/mol. The van der Waals surface area contributed by atoms with E-state index in [4.69, 9.17) is 10.5 Å². The number of aromatic nitrogens is 5. The highest BCUT2D eigenvalue weighted by atomic mass is 16.6. The van der Waals surface area contributed by atoms with E-state index in [0.717, 1.165) is 61.5 Å². The Bertz CT molecular complexity index is 1830. The van der Waals surface area contributed by atoms with Gasteiger partial charge in [0.15, 0.2) is 0 Å². The highest BCUT2D eigenvalue weighted by Crippen LogP contribution is 2.32. The largest absolute Gasteiger partial charge is 0.444 e. The number of rotatable bonds is 10. The molecule has 2 aliphatic rings. The molecule has 2 aromatic heterocycles. The molecular formula is C39H50N10O4. The summed E-state index contributed by atoms with van der Waals surface area (Å²) in [6.07, 6.45) is 4.30. The first-order chi connectivity index (χ1) is 25.4. The van der Waals surface area contributed by atoms with Crippen molar-refractivity contribution in [3.05, 3.63) is 72.4 Å². The lowest BCUT2D eigenvalue weighted by Crippen LogP contribution is -2.50. The van der Waals surface area contributed by atoms with Crippen molar-refractivity contribution in [2.24, 2.45) is 17.6 Å². The summed E-state index contributed by atoms with van der Waals surface area (Å²) in [6, 6.07) is 18.1. The Balaban J connectivity index is 1.13. The number of piperazine rings is 1. The minimum atomic E-state index is -0.958. The molecule has 1 aliphatic heterocycles. The van der Waals surface area contributed by atoms with Crippen LogP contribution >= 0.6 is 0 Å². The van der Waals surface area contributed by atoms with Crippen LogP contribution in [0.25, 0.3) is 22.5 Å². The van der Waals surface area contributed by atoms with Crippen molar-refractivity contribution in [3.8, 4) is 22.5 Å². The third-order valence-corrected chi connectivity index (χ3v) is 9.93. The van der Waals surface area contributed by atoms with Crippen molar-refractivity contribution in [3.63, 3.8) is 0 Å². The Hall–Kier alpha value is -5.21. The predicted octanol–water partition coefficient (Wildman–Crippen LogP) is 4.44. The lowest BCUT2D eigenvalue weighted by atomic mass is 9.81. The molecule has 0 bridgehead atoms. The molecule has 2 aromatic carbocycles. The van der Waals surface area contributed by atoms with E-state index >= 15 is 0 Å². The molecule has 3 heterocycles. The number of nitrogens with zero attached hydrogens (tertiary/aromatic N) is 7. The van der Waals surface area contributed by atoms with Crippen LogP contribution in [-0.4, -0.2) is 99.8 Å². The van der Waals surface area contributed by atoms with Gasteiger partial charge in [0.25, 0.3) is 5.91 Å². The number of hydrogen-bond donors (Lipinski definition) is 3. The van der Waals surface area contributed by atoms with Gasteiger partial charge in [-0.25, -0.2) is 14.7 Å². The molecule has 0 spiro atoms. The normalized spacial score (nSPS) is 18.6. The van der Waals surface area contributed by atoms with Crippen LogP contribution in [0.2, 0.25) is 0 Å². The van der Waals surface area contributed by atoms with Crippen molar-refractivity contribution in [1.82, 2.24) is 35.8 Å². The molecule has 0 unspecified atom stereocenters. The summed E-state index contributed by atoms with van der Waals surface area (Å²) < 4.78 is 5.37. The van der Waals surface area contributed by atoms with E-state index in [-0.39, 0.29) is 24.2 Å². The van der Waals surface area contributed by atoms with Crippen molar-refractivity contribution >= 4 is 29.4 Å². The van der Waals surface area contributed by atoms with E-state index in [1.54, 1.807) is 24.3 Å². The van der Waals surface area contributed by atoms with E-state index in [0.29, 0.717) is 36.5 Å². The van der Waals surface area contributed by atoms with E-state index in [9.17, 15) is 14.4 Å². The topological polar surface area (TPSA) is 176 Å². The zero-order valence-corrected chi connectivity index (χ0v) is 31.0. The Labute approximate surface area is 310 Å². The maximum atomic E-state index is 14.2. The summed E-state index contributed by atoms with van der Waals surface area (Å²) in [6.45, 7) is 9.83. The number of ether oxygens (including phenoxy) is 1. The first-order valence-corrected chi connectivity index (χ1v) is 18.4. The smallest absolute Gasteiger partial charge is 0.407 e. The molecule has 280 valence electrons. The van der Waals surface area contributed by atoms with E-state index < -0.39 is 23.6 Å². The van der Waals surface area contributed by atoms with E-state index in [1.807, 2.05) is 57.3 Å². The number of anilines is 2. The number of nitrogens with two attached hydrogens (primary N) is 1. The number of alkyl carbamates (subject to hydrolysis) is 1. The molecule has 53 heavy (non-hydrogen) atoms. The third kappa shape index (κ3) is 9.82. The number of carbonyl (C=O) groups excluding carboxylic acids is 3. The molecule has 1 atom stereocenters. The number of likely N-dealkylation sites (N-methyl/N-ethyl adjacent to an activating group) is 1. The average molecular weight is 723 g/mol. The summed E-state index contributed by atoms with van der Waals surface area (Å²) in [5, 5.41) is 17.0. The Morgan fingerprint density at radius 1 is 0.943 bits per heavy atom. The second kappa shape index (κ2) is 16.6. The van der Waals surface area contributed by atoms with Crippen molar-refractivity contribution in [1.29, 1.82) is 0 Å². The summed E-state index contributed by atoms with van der Waals surface area (Å²) in [7, 11) is 2.14. The number of carbonyl (C=O) groups is 3. The summed E-state index contributed by atoms with van der Waals surface area (Å²) in [4.78, 5) is 51.0. The first kappa shape index (κ1) is 37.5. The first-order valence-electron chi connectivity index (χ1n) is 18.4. The summed E-state index contributed by atoms with van der Waals surface area (Å²) in [5.41, 5.74) is 10.2. The van der Waals surface area contributed by atoms with E-state index in [2.05, 4.69) is 53.8 Å². The Morgan fingerprint density at radius 3 is 2.26 bits per heavy atom. The minimum absolute atomic E-state index is 0.209. The molecular weight excluding hydrogens is 672 g/mol. The molecule has 4 aromatic rings. The number of aromatic amines is 1. The number of pyridine rings is 1. The van der Waals surface area contributed by atoms with Crippen LogP contribution in [0.1, 0.15) is 52.0 Å². The summed E-state index contributed by atoms with van der Waals surface area (Å²) >= 11 is 0. The minimum Gasteiger partial charge on any atom is -0.444 e. The second-order valence-electron chi connectivity index (χ2n) is 15.1. The van der Waals surface area contributed by atoms with Gasteiger partial charge in [-0.3, -0.25) is 9.59 Å². The van der Waals surface area contributed by atoms with Crippen LogP contribution in [-0.2, 0) is 20.7 Å². The van der Waals surface area contributed by atoms with Gasteiger partial charge < -0.3 is 25.6 Å². The average Bonchev–Trinajstić information content (AvgIpc) is 3.70. The molecule has 1 saturated heterocycles. The molecule has 0 radical (unpaired) electrons. The Morgan fingerprint density at radius 2 is 1.62 bits per heavy atom.